The molecule has 1 aromatic rings. The highest BCUT2D eigenvalue weighted by Gasteiger charge is 2.18. The van der Waals surface area contributed by atoms with Crippen molar-refractivity contribution in [3.8, 4) is 0 Å². The van der Waals surface area contributed by atoms with Crippen molar-refractivity contribution in [1.29, 1.82) is 0 Å². The first-order chi connectivity index (χ1) is 5.41. The lowest BCUT2D eigenvalue weighted by molar-refractivity contribution is -0.289. The van der Waals surface area contributed by atoms with Crippen LogP contribution in [-0.4, -0.2) is 0 Å². The number of hydrogen-bond donors (Lipinski definition) is 0. The third kappa shape index (κ3) is 2.15. The molecule has 66 valence electrons. The molecule has 0 nitrogen and oxygen atoms in total. The lowest BCUT2D eigenvalue weighted by Crippen LogP contribution is -2.11. The molecule has 2 heteroatoms. The Morgan fingerprint density at radius 2 is 1.83 bits per heavy atom. The summed E-state index contributed by atoms with van der Waals surface area (Å²) in [4.78, 5) is 0. The lowest BCUT2D eigenvalue weighted by atomic mass is 9.87. The number of rotatable bonds is 0. The second kappa shape index (κ2) is 3.27. The minimum Gasteiger partial charge on any atom is -0.0840 e. The minimum atomic E-state index is 0.0753. The van der Waals surface area contributed by atoms with Gasteiger partial charge in [0.2, 0.25) is 5.02 Å². The van der Waals surface area contributed by atoms with Gasteiger partial charge in [-0.2, -0.15) is 0 Å². The van der Waals surface area contributed by atoms with Crippen molar-refractivity contribution >= 4 is 11.6 Å². The van der Waals surface area contributed by atoms with Gasteiger partial charge < -0.3 is 0 Å². The average molecular weight is 204 g/mol. The van der Waals surface area contributed by atoms with Crippen molar-refractivity contribution in [3.05, 3.63) is 33.8 Å². The monoisotopic (exact) mass is 203 g/mol. The van der Waals surface area contributed by atoms with E-state index in [-0.39, 0.29) is 5.41 Å². The molecule has 1 aromatic carbocycles. The van der Waals surface area contributed by atoms with E-state index >= 15 is 0 Å². The van der Waals surface area contributed by atoms with E-state index in [9.17, 15) is 0 Å². The maximum absolute atomic E-state index is 6.03. The Hall–Kier alpha value is -0.200. The minimum absolute atomic E-state index is 0.0753. The molecule has 0 spiro atoms. The van der Waals surface area contributed by atoms with Crippen LogP contribution in [0.5, 0.6) is 0 Å². The molecule has 0 aliphatic carbocycles. The van der Waals surface area contributed by atoms with Gasteiger partial charge in [-0.25, -0.2) is 0 Å². The van der Waals surface area contributed by atoms with E-state index in [1.807, 2.05) is 18.2 Å². The Morgan fingerprint density at radius 3 is 2.25 bits per heavy atom. The Morgan fingerprint density at radius 1 is 1.25 bits per heavy atom. The van der Waals surface area contributed by atoms with Gasteiger partial charge in [0.1, 0.15) is 0 Å². The van der Waals surface area contributed by atoms with Gasteiger partial charge in [-0.1, -0.05) is 32.4 Å². The lowest BCUT2D eigenvalue weighted by Gasteiger charge is -2.19. The van der Waals surface area contributed by atoms with E-state index < -0.39 is 0 Å². The van der Waals surface area contributed by atoms with Gasteiger partial charge in [-0.05, 0) is 17.0 Å². The summed E-state index contributed by atoms with van der Waals surface area (Å²) in [6, 6.07) is 5.69. The van der Waals surface area contributed by atoms with Crippen molar-refractivity contribution in [2.45, 2.75) is 26.2 Å². The summed E-state index contributed by atoms with van der Waals surface area (Å²) in [6.07, 6.45) is 0. The van der Waals surface area contributed by atoms with Gasteiger partial charge >= 0.3 is 0 Å². The fraction of sp³-hybridized carbons (Fsp3) is 0.400. The molecule has 0 N–H and O–H groups in total. The Bertz CT molecular complexity index is 284. The average Bonchev–Trinajstić information content (AvgIpc) is 1.92. The van der Waals surface area contributed by atoms with E-state index in [2.05, 4.69) is 20.8 Å². The third-order valence-corrected chi connectivity index (χ3v) is 2.33. The van der Waals surface area contributed by atoms with Crippen LogP contribution >= 0.6 is 11.6 Å². The standard InChI is InChI=1S/C10H13Cl2/c1-10(2,3)8-6-7(11)4-5-9(8)12/h4-6,11H,1-3H3/q+1. The Balaban J connectivity index is 3.23. The largest absolute Gasteiger partial charge is 0.226 e. The van der Waals surface area contributed by atoms with Crippen LogP contribution in [0.1, 0.15) is 26.3 Å². The zero-order chi connectivity index (χ0) is 9.35. The molecule has 0 radical (unpaired) electrons. The molecule has 0 atom stereocenters. The second-order valence-electron chi connectivity index (χ2n) is 3.89. The predicted molar refractivity (Wildman–Crippen MR) is 50.7 cm³/mol. The van der Waals surface area contributed by atoms with Gasteiger partial charge in [0, 0.05) is 17.2 Å². The highest BCUT2D eigenvalue weighted by Crippen LogP contribution is 2.30. The highest BCUT2D eigenvalue weighted by molar-refractivity contribution is 6.31. The van der Waals surface area contributed by atoms with Gasteiger partial charge in [-0.15, -0.1) is 0 Å². The molecule has 0 aliphatic rings. The van der Waals surface area contributed by atoms with E-state index in [1.165, 1.54) is 0 Å². The molecule has 0 saturated carbocycles. The summed E-state index contributed by atoms with van der Waals surface area (Å²) in [5, 5.41) is 1.65. The van der Waals surface area contributed by atoms with Gasteiger partial charge in [-0.3, -0.25) is 0 Å². The van der Waals surface area contributed by atoms with Gasteiger partial charge in [0.05, 0.1) is 0 Å². The molecule has 0 aliphatic heterocycles. The number of hydrogen-bond acceptors (Lipinski definition) is 0. The number of halogens is 2. The first-order valence-electron chi connectivity index (χ1n) is 3.88. The van der Waals surface area contributed by atoms with Crippen LogP contribution in [0.25, 0.3) is 0 Å². The SMILES string of the molecule is CC(C)(C)c1cc([ClH+])ccc1Cl. The summed E-state index contributed by atoms with van der Waals surface area (Å²) >= 11 is 11.1. The quantitative estimate of drug-likeness (QED) is 0.608. The summed E-state index contributed by atoms with van der Waals surface area (Å²) < 4.78 is 0. The molecule has 0 saturated heterocycles. The Labute approximate surface area is 83.5 Å². The maximum atomic E-state index is 6.03. The molecular weight excluding hydrogens is 191 g/mol. The summed E-state index contributed by atoms with van der Waals surface area (Å²) in [5.74, 6) is 0. The van der Waals surface area contributed by atoms with Crippen LogP contribution in [-0.2, 0) is 5.41 Å². The maximum Gasteiger partial charge on any atom is 0.226 e. The zero-order valence-corrected chi connectivity index (χ0v) is 9.09. The van der Waals surface area contributed by atoms with E-state index in [0.29, 0.717) is 0 Å². The normalized spacial score (nSPS) is 11.8. The van der Waals surface area contributed by atoms with E-state index in [0.717, 1.165) is 15.6 Å². The molecule has 1 rings (SSSR count). The van der Waals surface area contributed by atoms with Crippen LogP contribution in [0.3, 0.4) is 0 Å². The van der Waals surface area contributed by atoms with E-state index in [1.54, 1.807) is 0 Å². The van der Waals surface area contributed by atoms with Crippen LogP contribution in [0, 0.1) is 11.6 Å². The molecule has 0 bridgehead atoms. The molecule has 0 heterocycles. The Kier molecular flexibility index (Phi) is 2.70. The van der Waals surface area contributed by atoms with Crippen LogP contribution in [0.2, 0.25) is 10.0 Å². The van der Waals surface area contributed by atoms with Crippen LogP contribution in [0.15, 0.2) is 18.2 Å². The summed E-state index contributed by atoms with van der Waals surface area (Å²) in [6.45, 7) is 6.38. The third-order valence-electron chi connectivity index (χ3n) is 1.75. The van der Waals surface area contributed by atoms with Crippen molar-refractivity contribution < 1.29 is 11.6 Å². The topological polar surface area (TPSA) is 0 Å². The zero-order valence-electron chi connectivity index (χ0n) is 7.52. The van der Waals surface area contributed by atoms with Gasteiger partial charge in [0.25, 0.3) is 0 Å². The molecule has 12 heavy (non-hydrogen) atoms. The molecule has 0 amide bonds. The smallest absolute Gasteiger partial charge is 0.0840 e. The van der Waals surface area contributed by atoms with Crippen molar-refractivity contribution in [2.24, 2.45) is 0 Å². The fourth-order valence-corrected chi connectivity index (χ4v) is 1.67. The fourth-order valence-electron chi connectivity index (χ4n) is 1.08. The second-order valence-corrected chi connectivity index (χ2v) is 4.77. The molecule has 0 unspecified atom stereocenters. The van der Waals surface area contributed by atoms with Crippen LogP contribution in [0.4, 0.5) is 0 Å². The molecule has 0 aromatic heterocycles. The molecule has 0 fully saturated rings. The number of benzene rings is 1. The summed E-state index contributed by atoms with van der Waals surface area (Å²) in [7, 11) is 0. The highest BCUT2D eigenvalue weighted by atomic mass is 35.5. The van der Waals surface area contributed by atoms with Crippen molar-refractivity contribution in [3.63, 3.8) is 0 Å². The first kappa shape index (κ1) is 9.88. The first-order valence-corrected chi connectivity index (χ1v) is 4.67. The van der Waals surface area contributed by atoms with Gasteiger partial charge in [0.15, 0.2) is 11.6 Å². The van der Waals surface area contributed by atoms with Crippen LogP contribution < -0.4 is 0 Å². The van der Waals surface area contributed by atoms with Crippen molar-refractivity contribution in [1.82, 2.24) is 0 Å². The molecular formula is C10H13Cl2+. The predicted octanol–water partition coefficient (Wildman–Crippen LogP) is 3.33. The van der Waals surface area contributed by atoms with E-state index in [4.69, 9.17) is 23.2 Å². The van der Waals surface area contributed by atoms with Crippen molar-refractivity contribution in [2.75, 3.05) is 0 Å². The summed E-state index contributed by atoms with van der Waals surface area (Å²) in [5.41, 5.74) is 1.20.